The van der Waals surface area contributed by atoms with Gasteiger partial charge in [-0.3, -0.25) is 9.78 Å². The molecule has 0 aromatic carbocycles. The maximum atomic E-state index is 11.3. The molecule has 1 rings (SSSR count). The Kier molecular flexibility index (Phi) is 3.74. The quantitative estimate of drug-likeness (QED) is 0.855. The summed E-state index contributed by atoms with van der Waals surface area (Å²) in [5.41, 5.74) is 0.781. The fourth-order valence-corrected chi connectivity index (χ4v) is 2.70. The summed E-state index contributed by atoms with van der Waals surface area (Å²) in [4.78, 5) is 15.2. The average Bonchev–Trinajstić information content (AvgIpc) is 2.17. The van der Waals surface area contributed by atoms with Gasteiger partial charge in [-0.2, -0.15) is 0 Å². The van der Waals surface area contributed by atoms with Crippen LogP contribution in [0.3, 0.4) is 0 Å². The van der Waals surface area contributed by atoms with Crippen molar-refractivity contribution >= 4 is 17.7 Å². The molecule has 0 aliphatic heterocycles. The van der Waals surface area contributed by atoms with Crippen molar-refractivity contribution in [3.8, 4) is 0 Å². The van der Waals surface area contributed by atoms with Gasteiger partial charge >= 0.3 is 5.97 Å². The van der Waals surface area contributed by atoms with Crippen LogP contribution in [0.4, 0.5) is 0 Å². The molecular weight excluding hydrogens is 210 g/mol. The zero-order valence-corrected chi connectivity index (χ0v) is 9.91. The van der Waals surface area contributed by atoms with Crippen LogP contribution < -0.4 is 0 Å². The van der Waals surface area contributed by atoms with Gasteiger partial charge in [0.25, 0.3) is 0 Å². The monoisotopic (exact) mass is 225 g/mol. The van der Waals surface area contributed by atoms with Crippen molar-refractivity contribution in [2.24, 2.45) is 0 Å². The number of nitrogens with zero attached hydrogens (tertiary/aromatic N) is 1. The van der Waals surface area contributed by atoms with Crippen LogP contribution >= 0.6 is 11.8 Å². The first-order valence-electron chi connectivity index (χ1n) is 4.78. The average molecular weight is 225 g/mol. The molecule has 0 spiro atoms. The van der Waals surface area contributed by atoms with Crippen molar-refractivity contribution in [1.29, 1.82) is 0 Å². The van der Waals surface area contributed by atoms with E-state index in [1.807, 2.05) is 13.8 Å². The number of carbonyl (C=O) groups is 1. The van der Waals surface area contributed by atoms with Gasteiger partial charge in [0.1, 0.15) is 4.75 Å². The highest BCUT2D eigenvalue weighted by Crippen LogP contribution is 2.38. The second-order valence-corrected chi connectivity index (χ2v) is 5.74. The Morgan fingerprint density at radius 2 is 2.00 bits per heavy atom. The van der Waals surface area contributed by atoms with Crippen molar-refractivity contribution in [2.45, 2.75) is 30.8 Å². The predicted octanol–water partition coefficient (Wildman–Crippen LogP) is 2.52. The SMILES string of the molecule is CC(C)SC(C)(C(=O)O)c1ccncc1. The molecule has 1 heterocycles. The Hall–Kier alpha value is -1.03. The molecule has 0 saturated heterocycles. The molecule has 0 amide bonds. The molecule has 1 aromatic heterocycles. The van der Waals surface area contributed by atoms with Crippen molar-refractivity contribution in [2.75, 3.05) is 0 Å². The third-order valence-electron chi connectivity index (χ3n) is 2.11. The molecule has 1 aromatic rings. The van der Waals surface area contributed by atoms with Gasteiger partial charge in [-0.05, 0) is 24.6 Å². The first-order valence-corrected chi connectivity index (χ1v) is 5.66. The number of aliphatic carboxylic acids is 1. The second kappa shape index (κ2) is 4.66. The van der Waals surface area contributed by atoms with Gasteiger partial charge in [-0.1, -0.05) is 13.8 Å². The van der Waals surface area contributed by atoms with E-state index in [4.69, 9.17) is 0 Å². The lowest BCUT2D eigenvalue weighted by Crippen LogP contribution is -2.30. The van der Waals surface area contributed by atoms with E-state index in [1.165, 1.54) is 11.8 Å². The summed E-state index contributed by atoms with van der Waals surface area (Å²) >= 11 is 1.44. The lowest BCUT2D eigenvalue weighted by molar-refractivity contribution is -0.139. The Balaban J connectivity index is 3.07. The Labute approximate surface area is 93.9 Å². The lowest BCUT2D eigenvalue weighted by Gasteiger charge is -2.26. The van der Waals surface area contributed by atoms with E-state index >= 15 is 0 Å². The number of carboxylic acid groups (broad SMARTS) is 1. The van der Waals surface area contributed by atoms with E-state index in [-0.39, 0.29) is 5.25 Å². The second-order valence-electron chi connectivity index (χ2n) is 3.74. The van der Waals surface area contributed by atoms with Crippen LogP contribution in [0.15, 0.2) is 24.5 Å². The summed E-state index contributed by atoms with van der Waals surface area (Å²) < 4.78 is -0.892. The van der Waals surface area contributed by atoms with Crippen LogP contribution in [0.2, 0.25) is 0 Å². The molecule has 0 saturated carbocycles. The fraction of sp³-hybridized carbons (Fsp3) is 0.455. The minimum Gasteiger partial charge on any atom is -0.480 e. The molecule has 15 heavy (non-hydrogen) atoms. The largest absolute Gasteiger partial charge is 0.480 e. The third kappa shape index (κ3) is 2.72. The summed E-state index contributed by atoms with van der Waals surface area (Å²) in [5, 5.41) is 9.56. The molecule has 0 aliphatic carbocycles. The number of carboxylic acids is 1. The smallest absolute Gasteiger partial charge is 0.324 e. The minimum absolute atomic E-state index is 0.263. The zero-order valence-electron chi connectivity index (χ0n) is 9.10. The van der Waals surface area contributed by atoms with Gasteiger partial charge in [-0.25, -0.2) is 0 Å². The molecule has 0 radical (unpaired) electrons. The molecule has 0 aliphatic rings. The normalized spacial score (nSPS) is 14.9. The number of pyridine rings is 1. The van der Waals surface area contributed by atoms with Gasteiger partial charge in [0.2, 0.25) is 0 Å². The number of hydrogen-bond donors (Lipinski definition) is 1. The fourth-order valence-electron chi connectivity index (χ4n) is 1.38. The first kappa shape index (κ1) is 12.0. The maximum Gasteiger partial charge on any atom is 0.324 e. The van der Waals surface area contributed by atoms with Crippen molar-refractivity contribution in [3.05, 3.63) is 30.1 Å². The van der Waals surface area contributed by atoms with Crippen LogP contribution in [0.5, 0.6) is 0 Å². The van der Waals surface area contributed by atoms with Gasteiger partial charge in [0.15, 0.2) is 0 Å². The highest BCUT2D eigenvalue weighted by molar-refractivity contribution is 8.01. The molecular formula is C11H15NO2S. The molecule has 1 unspecified atom stereocenters. The summed E-state index contributed by atoms with van der Waals surface area (Å²) in [6.07, 6.45) is 3.24. The predicted molar refractivity (Wildman–Crippen MR) is 62.0 cm³/mol. The van der Waals surface area contributed by atoms with Gasteiger partial charge in [0.05, 0.1) is 0 Å². The van der Waals surface area contributed by atoms with Gasteiger partial charge < -0.3 is 5.11 Å². The minimum atomic E-state index is -0.892. The first-order chi connectivity index (χ1) is 6.97. The molecule has 0 bridgehead atoms. The number of thioether (sulfide) groups is 1. The van der Waals surface area contributed by atoms with E-state index in [0.717, 1.165) is 5.56 Å². The van der Waals surface area contributed by atoms with E-state index in [0.29, 0.717) is 0 Å². The highest BCUT2D eigenvalue weighted by Gasteiger charge is 2.36. The molecule has 1 N–H and O–H groups in total. The summed E-state index contributed by atoms with van der Waals surface area (Å²) in [7, 11) is 0. The molecule has 4 heteroatoms. The Morgan fingerprint density at radius 1 is 1.47 bits per heavy atom. The molecule has 3 nitrogen and oxygen atoms in total. The van der Waals surface area contributed by atoms with Crippen LogP contribution in [-0.2, 0) is 9.54 Å². The summed E-state index contributed by atoms with van der Waals surface area (Å²) in [6, 6.07) is 3.51. The Morgan fingerprint density at radius 3 is 2.40 bits per heavy atom. The van der Waals surface area contributed by atoms with Crippen LogP contribution in [-0.4, -0.2) is 21.3 Å². The topological polar surface area (TPSA) is 50.2 Å². The summed E-state index contributed by atoms with van der Waals surface area (Å²) in [6.45, 7) is 5.72. The number of aromatic nitrogens is 1. The Bertz CT molecular complexity index is 340. The molecule has 82 valence electrons. The van der Waals surface area contributed by atoms with Gasteiger partial charge in [-0.15, -0.1) is 11.8 Å². The van der Waals surface area contributed by atoms with Gasteiger partial charge in [0, 0.05) is 17.6 Å². The zero-order chi connectivity index (χ0) is 11.5. The van der Waals surface area contributed by atoms with E-state index in [9.17, 15) is 9.90 Å². The number of rotatable bonds is 4. The summed E-state index contributed by atoms with van der Waals surface area (Å²) in [5.74, 6) is -0.813. The standard InChI is InChI=1S/C11H15NO2S/c1-8(2)15-11(3,10(13)14)9-4-6-12-7-5-9/h4-8H,1-3H3,(H,13,14). The highest BCUT2D eigenvalue weighted by atomic mass is 32.2. The van der Waals surface area contributed by atoms with Crippen LogP contribution in [0.25, 0.3) is 0 Å². The van der Waals surface area contributed by atoms with Crippen molar-refractivity contribution in [3.63, 3.8) is 0 Å². The third-order valence-corrected chi connectivity index (χ3v) is 3.46. The van der Waals surface area contributed by atoms with E-state index < -0.39 is 10.7 Å². The van der Waals surface area contributed by atoms with Crippen molar-refractivity contribution in [1.82, 2.24) is 4.98 Å². The lowest BCUT2D eigenvalue weighted by atomic mass is 10.0. The van der Waals surface area contributed by atoms with Crippen LogP contribution in [0, 0.1) is 0 Å². The number of hydrogen-bond acceptors (Lipinski definition) is 3. The van der Waals surface area contributed by atoms with E-state index in [2.05, 4.69) is 4.98 Å². The van der Waals surface area contributed by atoms with E-state index in [1.54, 1.807) is 31.5 Å². The molecule has 1 atom stereocenters. The molecule has 0 fully saturated rings. The van der Waals surface area contributed by atoms with Crippen LogP contribution in [0.1, 0.15) is 26.3 Å². The maximum absolute atomic E-state index is 11.3. The van der Waals surface area contributed by atoms with Crippen molar-refractivity contribution < 1.29 is 9.90 Å².